The first-order valence-electron chi connectivity index (χ1n) is 9.19. The van der Waals surface area contributed by atoms with E-state index in [4.69, 9.17) is 22.4 Å². The molecule has 0 saturated carbocycles. The van der Waals surface area contributed by atoms with Crippen molar-refractivity contribution in [1.82, 2.24) is 20.7 Å². The first kappa shape index (κ1) is 21.9. The minimum atomic E-state index is -0.505. The van der Waals surface area contributed by atoms with Crippen LogP contribution >= 0.6 is 22.9 Å². The van der Waals surface area contributed by atoms with Crippen LogP contribution in [0.3, 0.4) is 0 Å². The van der Waals surface area contributed by atoms with Gasteiger partial charge in [0.25, 0.3) is 11.8 Å². The van der Waals surface area contributed by atoms with Gasteiger partial charge in [0.2, 0.25) is 0 Å². The molecule has 2 heterocycles. The summed E-state index contributed by atoms with van der Waals surface area (Å²) in [5.74, 6) is 4.34. The van der Waals surface area contributed by atoms with Crippen molar-refractivity contribution >= 4 is 34.8 Å². The largest absolute Gasteiger partial charge is 0.351 e. The van der Waals surface area contributed by atoms with Gasteiger partial charge in [-0.25, -0.2) is 10.8 Å². The number of halogens is 1. The van der Waals surface area contributed by atoms with Gasteiger partial charge in [0.1, 0.15) is 5.01 Å². The Labute approximate surface area is 183 Å². The summed E-state index contributed by atoms with van der Waals surface area (Å²) in [6.45, 7) is 6.11. The monoisotopic (exact) mass is 443 g/mol. The van der Waals surface area contributed by atoms with Crippen LogP contribution in [0.25, 0.3) is 11.3 Å². The smallest absolute Gasteiger partial charge is 0.266 e. The highest BCUT2D eigenvalue weighted by atomic mass is 35.5. The fraction of sp³-hybridized carbons (Fsp3) is 0.238. The number of hydrazine groups is 1. The molecule has 0 saturated heterocycles. The van der Waals surface area contributed by atoms with Gasteiger partial charge in [-0.15, -0.1) is 11.3 Å². The zero-order chi connectivity index (χ0) is 21.9. The second-order valence-electron chi connectivity index (χ2n) is 7.44. The van der Waals surface area contributed by atoms with Gasteiger partial charge >= 0.3 is 0 Å². The van der Waals surface area contributed by atoms with Gasteiger partial charge in [-0.1, -0.05) is 37.6 Å². The second kappa shape index (κ2) is 8.91. The Balaban J connectivity index is 1.73. The van der Waals surface area contributed by atoms with Crippen LogP contribution in [0, 0.1) is 6.92 Å². The summed E-state index contributed by atoms with van der Waals surface area (Å²) in [6.07, 6.45) is 1.38. The molecule has 1 aromatic carbocycles. The van der Waals surface area contributed by atoms with E-state index in [0.717, 1.165) is 16.3 Å². The molecule has 0 atom stereocenters. The molecular formula is C21H22ClN5O2S. The molecule has 0 fully saturated rings. The predicted octanol–water partition coefficient (Wildman–Crippen LogP) is 3.48. The van der Waals surface area contributed by atoms with Gasteiger partial charge in [0.15, 0.2) is 0 Å². The third-order valence-corrected chi connectivity index (χ3v) is 6.10. The van der Waals surface area contributed by atoms with Gasteiger partial charge in [-0.2, -0.15) is 0 Å². The molecule has 2 amide bonds. The SMILES string of the molecule is Cc1ncc(C(=O)NN)cc1C(=O)NCC(C)(C)c1nc(-c2ccc(Cl)cc2)cs1. The highest BCUT2D eigenvalue weighted by Gasteiger charge is 2.26. The lowest BCUT2D eigenvalue weighted by Gasteiger charge is -2.22. The topological polar surface area (TPSA) is 110 Å². The number of rotatable bonds is 6. The van der Waals surface area contributed by atoms with E-state index in [2.05, 4.69) is 10.3 Å². The Kier molecular flexibility index (Phi) is 6.50. The van der Waals surface area contributed by atoms with E-state index < -0.39 is 11.3 Å². The molecule has 0 aliphatic heterocycles. The van der Waals surface area contributed by atoms with Crippen molar-refractivity contribution in [2.75, 3.05) is 6.54 Å². The Morgan fingerprint density at radius 2 is 1.90 bits per heavy atom. The number of benzene rings is 1. The molecule has 9 heteroatoms. The Morgan fingerprint density at radius 1 is 1.20 bits per heavy atom. The third kappa shape index (κ3) is 4.84. The van der Waals surface area contributed by atoms with Crippen LogP contribution in [0.15, 0.2) is 41.9 Å². The van der Waals surface area contributed by atoms with E-state index >= 15 is 0 Å². The van der Waals surface area contributed by atoms with Gasteiger partial charge in [-0.05, 0) is 25.1 Å². The number of hydrogen-bond donors (Lipinski definition) is 3. The average molecular weight is 444 g/mol. The van der Waals surface area contributed by atoms with Crippen molar-refractivity contribution in [1.29, 1.82) is 0 Å². The molecule has 156 valence electrons. The van der Waals surface area contributed by atoms with Crippen LogP contribution in [0.2, 0.25) is 5.02 Å². The predicted molar refractivity (Wildman–Crippen MR) is 119 cm³/mol. The first-order chi connectivity index (χ1) is 14.2. The number of aromatic nitrogens is 2. The van der Waals surface area contributed by atoms with Crippen LogP contribution in [-0.4, -0.2) is 28.3 Å². The lowest BCUT2D eigenvalue weighted by Crippen LogP contribution is -2.37. The molecule has 0 aliphatic carbocycles. The number of hydrogen-bond acceptors (Lipinski definition) is 6. The van der Waals surface area contributed by atoms with Crippen LogP contribution in [-0.2, 0) is 5.41 Å². The number of thiazole rings is 1. The van der Waals surface area contributed by atoms with E-state index in [9.17, 15) is 9.59 Å². The molecule has 2 aromatic heterocycles. The van der Waals surface area contributed by atoms with E-state index in [1.165, 1.54) is 12.3 Å². The number of nitrogens with two attached hydrogens (primary N) is 1. The van der Waals surface area contributed by atoms with Crippen molar-refractivity contribution in [2.45, 2.75) is 26.2 Å². The maximum atomic E-state index is 12.7. The quantitative estimate of drug-likeness (QED) is 0.307. The Morgan fingerprint density at radius 3 is 2.57 bits per heavy atom. The van der Waals surface area contributed by atoms with Crippen LogP contribution in [0.5, 0.6) is 0 Å². The first-order valence-corrected chi connectivity index (χ1v) is 10.4. The van der Waals surface area contributed by atoms with Crippen molar-refractivity contribution in [2.24, 2.45) is 5.84 Å². The molecule has 0 radical (unpaired) electrons. The molecular weight excluding hydrogens is 422 g/mol. The molecule has 3 rings (SSSR count). The maximum Gasteiger partial charge on any atom is 0.266 e. The minimum absolute atomic E-state index is 0.222. The zero-order valence-corrected chi connectivity index (χ0v) is 18.4. The molecule has 30 heavy (non-hydrogen) atoms. The van der Waals surface area contributed by atoms with Crippen molar-refractivity contribution in [3.05, 3.63) is 68.8 Å². The lowest BCUT2D eigenvalue weighted by atomic mass is 9.94. The number of aryl methyl sites for hydroxylation is 1. The normalized spacial score (nSPS) is 11.2. The van der Waals surface area contributed by atoms with Gasteiger partial charge < -0.3 is 5.32 Å². The molecule has 7 nitrogen and oxygen atoms in total. The van der Waals surface area contributed by atoms with E-state index in [1.54, 1.807) is 18.3 Å². The Bertz CT molecular complexity index is 1080. The molecule has 0 spiro atoms. The third-order valence-electron chi connectivity index (χ3n) is 4.64. The fourth-order valence-electron chi connectivity index (χ4n) is 2.78. The number of carbonyl (C=O) groups excluding carboxylic acids is 2. The van der Waals surface area contributed by atoms with Gasteiger partial charge in [0, 0.05) is 34.1 Å². The number of nitrogen functional groups attached to an aromatic ring is 1. The number of amides is 2. The average Bonchev–Trinajstić information content (AvgIpc) is 3.23. The van der Waals surface area contributed by atoms with Gasteiger partial charge in [0.05, 0.1) is 22.5 Å². The summed E-state index contributed by atoms with van der Waals surface area (Å²) in [7, 11) is 0. The standard InChI is InChI=1S/C21H22ClN5O2S/c1-12-16(8-14(9-24-12)18(28)27-23)19(29)25-11-21(2,3)20-26-17(10-30-20)13-4-6-15(22)7-5-13/h4-10H,11,23H2,1-3H3,(H,25,29)(H,27,28). The van der Waals surface area contributed by atoms with Crippen molar-refractivity contribution < 1.29 is 9.59 Å². The zero-order valence-electron chi connectivity index (χ0n) is 16.8. The second-order valence-corrected chi connectivity index (χ2v) is 8.74. The molecule has 0 aliphatic rings. The van der Waals surface area contributed by atoms with Crippen molar-refractivity contribution in [3.8, 4) is 11.3 Å². The maximum absolute atomic E-state index is 12.7. The fourth-order valence-corrected chi connectivity index (χ4v) is 3.86. The number of nitrogens with zero attached hydrogens (tertiary/aromatic N) is 2. The highest BCUT2D eigenvalue weighted by Crippen LogP contribution is 2.30. The van der Waals surface area contributed by atoms with Crippen LogP contribution in [0.4, 0.5) is 0 Å². The molecule has 0 unspecified atom stereocenters. The number of nitrogens with one attached hydrogen (secondary N) is 2. The highest BCUT2D eigenvalue weighted by molar-refractivity contribution is 7.10. The molecule has 0 bridgehead atoms. The van der Waals surface area contributed by atoms with Gasteiger partial charge in [-0.3, -0.25) is 20.0 Å². The van der Waals surface area contributed by atoms with E-state index in [-0.39, 0.29) is 11.5 Å². The minimum Gasteiger partial charge on any atom is -0.351 e. The number of carbonyl (C=O) groups is 2. The van der Waals surface area contributed by atoms with Crippen molar-refractivity contribution in [3.63, 3.8) is 0 Å². The van der Waals surface area contributed by atoms with E-state index in [1.807, 2.05) is 48.9 Å². The summed E-state index contributed by atoms with van der Waals surface area (Å²) in [6, 6.07) is 8.99. The van der Waals surface area contributed by atoms with Crippen LogP contribution < -0.4 is 16.6 Å². The summed E-state index contributed by atoms with van der Waals surface area (Å²) < 4.78 is 0. The summed E-state index contributed by atoms with van der Waals surface area (Å²) in [5.41, 5.74) is 4.58. The summed E-state index contributed by atoms with van der Waals surface area (Å²) in [4.78, 5) is 33.3. The molecule has 4 N–H and O–H groups in total. The lowest BCUT2D eigenvalue weighted by molar-refractivity contribution is 0.0944. The summed E-state index contributed by atoms with van der Waals surface area (Å²) in [5, 5.41) is 6.50. The Hall–Kier alpha value is -2.81. The number of pyridine rings is 1. The summed E-state index contributed by atoms with van der Waals surface area (Å²) >= 11 is 7.49. The van der Waals surface area contributed by atoms with E-state index in [0.29, 0.717) is 22.8 Å². The van der Waals surface area contributed by atoms with Crippen LogP contribution in [0.1, 0.15) is 45.3 Å². The molecule has 3 aromatic rings.